The second-order valence-electron chi connectivity index (χ2n) is 5.57. The summed E-state index contributed by atoms with van der Waals surface area (Å²) in [5, 5.41) is 0. The Balaban J connectivity index is 1.89. The number of carbonyl (C=O) groups is 1. The number of Topliss-reactive ketones (excluding diaryl/α,β-unsaturated/α-hetero) is 1. The Morgan fingerprint density at radius 2 is 2.14 bits per heavy atom. The first-order valence-corrected chi connectivity index (χ1v) is 8.41. The van der Waals surface area contributed by atoms with Gasteiger partial charge >= 0.3 is 0 Å². The average Bonchev–Trinajstić information content (AvgIpc) is 2.91. The molecule has 0 aliphatic carbocycles. The summed E-state index contributed by atoms with van der Waals surface area (Å²) in [6.07, 6.45) is 2.19. The van der Waals surface area contributed by atoms with E-state index >= 15 is 0 Å². The van der Waals surface area contributed by atoms with Crippen LogP contribution >= 0.6 is 22.9 Å². The summed E-state index contributed by atoms with van der Waals surface area (Å²) in [7, 11) is 0. The maximum Gasteiger partial charge on any atom is 0.194 e. The van der Waals surface area contributed by atoms with Crippen molar-refractivity contribution in [3.63, 3.8) is 0 Å². The molecular weight excluding hydrogens is 302 g/mol. The molecule has 0 saturated carbocycles. The zero-order valence-corrected chi connectivity index (χ0v) is 13.8. The second kappa shape index (κ2) is 5.82. The number of nitrogens with zero attached hydrogens (tertiary/aromatic N) is 1. The number of carbonyl (C=O) groups excluding carboxylic acids is 1. The molecule has 0 amide bonds. The number of anilines is 1. The number of rotatable bonds is 3. The third-order valence-corrected chi connectivity index (χ3v) is 5.30. The molecule has 3 rings (SSSR count). The van der Waals surface area contributed by atoms with Gasteiger partial charge in [0.1, 0.15) is 0 Å². The summed E-state index contributed by atoms with van der Waals surface area (Å²) in [5.41, 5.74) is 3.83. The fraction of sp³-hybridized carbons (Fsp3) is 0.353. The SMILES string of the molecule is Cc1ccc2c(c1)CCCN2C(C)C(=O)c1ccc(Cl)s1. The van der Waals surface area contributed by atoms with Gasteiger partial charge < -0.3 is 4.90 Å². The van der Waals surface area contributed by atoms with E-state index in [-0.39, 0.29) is 11.8 Å². The molecule has 0 N–H and O–H groups in total. The maximum absolute atomic E-state index is 12.6. The molecule has 21 heavy (non-hydrogen) atoms. The number of thiophene rings is 1. The summed E-state index contributed by atoms with van der Waals surface area (Å²) in [5.74, 6) is 0.153. The van der Waals surface area contributed by atoms with Crippen molar-refractivity contribution in [1.82, 2.24) is 0 Å². The summed E-state index contributed by atoms with van der Waals surface area (Å²) in [6, 6.07) is 9.97. The Labute approximate surface area is 134 Å². The van der Waals surface area contributed by atoms with Gasteiger partial charge in [-0.15, -0.1) is 11.3 Å². The minimum absolute atomic E-state index is 0.151. The van der Waals surface area contributed by atoms with E-state index in [4.69, 9.17) is 11.6 Å². The van der Waals surface area contributed by atoms with Crippen molar-refractivity contribution >= 4 is 34.4 Å². The predicted molar refractivity (Wildman–Crippen MR) is 90.0 cm³/mol. The Morgan fingerprint density at radius 3 is 2.86 bits per heavy atom. The van der Waals surface area contributed by atoms with E-state index in [1.807, 2.05) is 13.0 Å². The molecule has 0 saturated heterocycles. The lowest BCUT2D eigenvalue weighted by Crippen LogP contribution is -2.42. The van der Waals surface area contributed by atoms with Gasteiger partial charge in [0.15, 0.2) is 5.78 Å². The summed E-state index contributed by atoms with van der Waals surface area (Å²) in [6.45, 7) is 5.04. The van der Waals surface area contributed by atoms with Gasteiger partial charge in [-0.2, -0.15) is 0 Å². The van der Waals surface area contributed by atoms with E-state index in [2.05, 4.69) is 30.0 Å². The van der Waals surface area contributed by atoms with E-state index in [0.717, 1.165) is 24.3 Å². The first kappa shape index (κ1) is 14.6. The fourth-order valence-corrected chi connectivity index (χ4v) is 4.02. The molecule has 0 radical (unpaired) electrons. The van der Waals surface area contributed by atoms with Crippen molar-refractivity contribution in [2.75, 3.05) is 11.4 Å². The fourth-order valence-electron chi connectivity index (χ4n) is 2.95. The number of ketones is 1. The minimum Gasteiger partial charge on any atom is -0.361 e. The van der Waals surface area contributed by atoms with Crippen molar-refractivity contribution in [2.45, 2.75) is 32.7 Å². The van der Waals surface area contributed by atoms with Crippen molar-refractivity contribution in [1.29, 1.82) is 0 Å². The Bertz CT molecular complexity index is 679. The first-order valence-electron chi connectivity index (χ1n) is 7.22. The summed E-state index contributed by atoms with van der Waals surface area (Å²) >= 11 is 7.31. The lowest BCUT2D eigenvalue weighted by molar-refractivity contribution is 0.0967. The van der Waals surface area contributed by atoms with Crippen LogP contribution in [0.1, 0.15) is 34.1 Å². The van der Waals surface area contributed by atoms with Gasteiger partial charge in [-0.05, 0) is 50.5 Å². The van der Waals surface area contributed by atoms with Gasteiger partial charge in [0.05, 0.1) is 15.3 Å². The third-order valence-electron chi connectivity index (χ3n) is 4.05. The highest BCUT2D eigenvalue weighted by atomic mass is 35.5. The molecule has 0 fully saturated rings. The predicted octanol–water partition coefficient (Wildman–Crippen LogP) is 4.73. The Morgan fingerprint density at radius 1 is 1.33 bits per heavy atom. The van der Waals surface area contributed by atoms with E-state index in [1.165, 1.54) is 28.2 Å². The van der Waals surface area contributed by atoms with Crippen molar-refractivity contribution < 1.29 is 4.79 Å². The van der Waals surface area contributed by atoms with Crippen LogP contribution in [0.5, 0.6) is 0 Å². The number of benzene rings is 1. The molecule has 4 heteroatoms. The van der Waals surface area contributed by atoms with Crippen LogP contribution < -0.4 is 4.90 Å². The second-order valence-corrected chi connectivity index (χ2v) is 7.29. The highest BCUT2D eigenvalue weighted by Crippen LogP contribution is 2.31. The Hall–Kier alpha value is -1.32. The lowest BCUT2D eigenvalue weighted by Gasteiger charge is -2.35. The smallest absolute Gasteiger partial charge is 0.194 e. The van der Waals surface area contributed by atoms with Crippen LogP contribution in [0.15, 0.2) is 30.3 Å². The van der Waals surface area contributed by atoms with Gasteiger partial charge in [-0.1, -0.05) is 29.3 Å². The van der Waals surface area contributed by atoms with Crippen LogP contribution in [0, 0.1) is 6.92 Å². The molecule has 1 unspecified atom stereocenters. The summed E-state index contributed by atoms with van der Waals surface area (Å²) in [4.78, 5) is 15.6. The molecule has 1 aliphatic rings. The molecule has 110 valence electrons. The zero-order valence-electron chi connectivity index (χ0n) is 12.2. The van der Waals surface area contributed by atoms with Crippen molar-refractivity contribution in [3.05, 3.63) is 50.7 Å². The van der Waals surface area contributed by atoms with Gasteiger partial charge in [0.25, 0.3) is 0 Å². The molecule has 1 aromatic carbocycles. The number of fused-ring (bicyclic) bond motifs is 1. The van der Waals surface area contributed by atoms with Crippen LogP contribution in [0.25, 0.3) is 0 Å². The minimum atomic E-state index is -0.151. The topological polar surface area (TPSA) is 20.3 Å². The number of aryl methyl sites for hydroxylation is 2. The highest BCUT2D eigenvalue weighted by molar-refractivity contribution is 7.18. The molecule has 1 aliphatic heterocycles. The zero-order chi connectivity index (χ0) is 15.0. The van der Waals surface area contributed by atoms with Gasteiger partial charge in [0, 0.05) is 12.2 Å². The first-order chi connectivity index (χ1) is 10.1. The maximum atomic E-state index is 12.6. The third kappa shape index (κ3) is 2.85. The molecule has 2 heterocycles. The van der Waals surface area contributed by atoms with Crippen LogP contribution in [0.3, 0.4) is 0 Å². The molecule has 1 atom stereocenters. The number of hydrogen-bond donors (Lipinski definition) is 0. The van der Waals surface area contributed by atoms with E-state index in [1.54, 1.807) is 6.07 Å². The van der Waals surface area contributed by atoms with Gasteiger partial charge in [0.2, 0.25) is 0 Å². The van der Waals surface area contributed by atoms with E-state index in [9.17, 15) is 4.79 Å². The molecule has 2 aromatic rings. The Kier molecular flexibility index (Phi) is 4.05. The normalized spacial score (nSPS) is 15.7. The van der Waals surface area contributed by atoms with Crippen molar-refractivity contribution in [2.24, 2.45) is 0 Å². The van der Waals surface area contributed by atoms with Crippen molar-refractivity contribution in [3.8, 4) is 0 Å². The largest absolute Gasteiger partial charge is 0.361 e. The van der Waals surface area contributed by atoms with Gasteiger partial charge in [-0.25, -0.2) is 0 Å². The molecule has 1 aromatic heterocycles. The molecular formula is C17H18ClNOS. The summed E-state index contributed by atoms with van der Waals surface area (Å²) < 4.78 is 0.667. The van der Waals surface area contributed by atoms with E-state index < -0.39 is 0 Å². The monoisotopic (exact) mass is 319 g/mol. The average molecular weight is 320 g/mol. The molecule has 0 bridgehead atoms. The standard InChI is InChI=1S/C17H18ClNOS/c1-11-5-6-14-13(10-11)4-3-9-19(14)12(2)17(20)15-7-8-16(18)21-15/h5-8,10,12H,3-4,9H2,1-2H3. The van der Waals surface area contributed by atoms with E-state index in [0.29, 0.717) is 4.34 Å². The van der Waals surface area contributed by atoms with Crippen LogP contribution in [0.4, 0.5) is 5.69 Å². The lowest BCUT2D eigenvalue weighted by atomic mass is 9.97. The van der Waals surface area contributed by atoms with Gasteiger partial charge in [-0.3, -0.25) is 4.79 Å². The van der Waals surface area contributed by atoms with Crippen LogP contribution in [-0.4, -0.2) is 18.4 Å². The van der Waals surface area contributed by atoms with Crippen LogP contribution in [-0.2, 0) is 6.42 Å². The molecule has 2 nitrogen and oxygen atoms in total. The molecule has 0 spiro atoms. The van der Waals surface area contributed by atoms with Crippen LogP contribution in [0.2, 0.25) is 4.34 Å². The number of halogens is 1. The quantitative estimate of drug-likeness (QED) is 0.762. The highest BCUT2D eigenvalue weighted by Gasteiger charge is 2.27. The number of hydrogen-bond acceptors (Lipinski definition) is 3.